The van der Waals surface area contributed by atoms with E-state index in [1.54, 1.807) is 0 Å². The lowest BCUT2D eigenvalue weighted by atomic mass is 10.2. The van der Waals surface area contributed by atoms with Crippen molar-refractivity contribution in [3.05, 3.63) is 12.7 Å². The van der Waals surface area contributed by atoms with E-state index < -0.39 is 12.0 Å². The van der Waals surface area contributed by atoms with Gasteiger partial charge in [-0.15, -0.1) is 6.58 Å². The van der Waals surface area contributed by atoms with Gasteiger partial charge in [0.15, 0.2) is 0 Å². The van der Waals surface area contributed by atoms with E-state index in [4.69, 9.17) is 16.8 Å². The molecule has 0 fully saturated rings. The molecule has 0 amide bonds. The van der Waals surface area contributed by atoms with Crippen LogP contribution in [0.2, 0.25) is 0 Å². The lowest BCUT2D eigenvalue weighted by Gasteiger charge is -2.16. The molecule has 0 saturated heterocycles. The Morgan fingerprint density at radius 3 is 2.40 bits per heavy atom. The summed E-state index contributed by atoms with van der Waals surface area (Å²) < 4.78 is 0. The van der Waals surface area contributed by atoms with Crippen molar-refractivity contribution < 1.29 is 9.90 Å². The number of aliphatic carboxylic acids is 1. The molecule has 1 unspecified atom stereocenters. The van der Waals surface area contributed by atoms with Gasteiger partial charge in [0.05, 0.1) is 0 Å². The van der Waals surface area contributed by atoms with Crippen LogP contribution >= 0.6 is 0 Å². The molecule has 0 aromatic rings. The van der Waals surface area contributed by atoms with E-state index >= 15 is 0 Å². The Balaban J connectivity index is 3.97. The molecule has 0 heterocycles. The highest BCUT2D eigenvalue weighted by Crippen LogP contribution is 1.95. The lowest BCUT2D eigenvalue weighted by molar-refractivity contribution is -0.143. The molecular weight excluding hydrogens is 134 g/mol. The van der Waals surface area contributed by atoms with Gasteiger partial charge in [-0.25, -0.2) is 0 Å². The zero-order chi connectivity index (χ0) is 8.15. The van der Waals surface area contributed by atoms with Crippen LogP contribution in [-0.2, 0) is 4.79 Å². The van der Waals surface area contributed by atoms with Crippen molar-refractivity contribution in [3.63, 3.8) is 0 Å². The SMILES string of the molecule is C=CCC(C(=O)O)N(N)N. The molecule has 0 saturated carbocycles. The number of hydrazine groups is 2. The van der Waals surface area contributed by atoms with Crippen LogP contribution in [0.1, 0.15) is 6.42 Å². The third kappa shape index (κ3) is 2.58. The number of nitrogens with zero attached hydrogens (tertiary/aromatic N) is 1. The predicted molar refractivity (Wildman–Crippen MR) is 36.5 cm³/mol. The van der Waals surface area contributed by atoms with Crippen LogP contribution in [0.5, 0.6) is 0 Å². The molecule has 0 aliphatic heterocycles. The maximum atomic E-state index is 10.3. The normalized spacial score (nSPS) is 13.1. The van der Waals surface area contributed by atoms with E-state index in [1.807, 2.05) is 0 Å². The largest absolute Gasteiger partial charge is 0.480 e. The van der Waals surface area contributed by atoms with E-state index in [2.05, 4.69) is 6.58 Å². The van der Waals surface area contributed by atoms with Crippen molar-refractivity contribution in [1.29, 1.82) is 0 Å². The van der Waals surface area contributed by atoms with Crippen LogP contribution in [0.15, 0.2) is 12.7 Å². The third-order valence-electron chi connectivity index (χ3n) is 1.03. The first kappa shape index (κ1) is 9.09. The molecule has 0 aromatic carbocycles. The van der Waals surface area contributed by atoms with Gasteiger partial charge >= 0.3 is 5.97 Å². The first-order valence-corrected chi connectivity index (χ1v) is 2.72. The van der Waals surface area contributed by atoms with Crippen molar-refractivity contribution >= 4 is 5.97 Å². The lowest BCUT2D eigenvalue weighted by Crippen LogP contribution is -2.50. The summed E-state index contributed by atoms with van der Waals surface area (Å²) in [5, 5.41) is 9.08. The van der Waals surface area contributed by atoms with Gasteiger partial charge in [-0.3, -0.25) is 16.5 Å². The number of carbonyl (C=O) groups is 1. The maximum absolute atomic E-state index is 10.3. The number of carboxylic acid groups (broad SMARTS) is 1. The first-order chi connectivity index (χ1) is 4.59. The Kier molecular flexibility index (Phi) is 3.63. The van der Waals surface area contributed by atoms with Crippen LogP contribution in [0.25, 0.3) is 0 Å². The molecule has 0 aliphatic rings. The molecule has 0 aliphatic carbocycles. The molecule has 0 spiro atoms. The molecule has 1 atom stereocenters. The van der Waals surface area contributed by atoms with Crippen LogP contribution < -0.4 is 11.7 Å². The summed E-state index contributed by atoms with van der Waals surface area (Å²) in [6.45, 7) is 3.36. The minimum Gasteiger partial charge on any atom is -0.480 e. The van der Waals surface area contributed by atoms with E-state index in [0.29, 0.717) is 5.12 Å². The van der Waals surface area contributed by atoms with Gasteiger partial charge in [-0.2, -0.15) is 5.12 Å². The van der Waals surface area contributed by atoms with Crippen LogP contribution in [0.4, 0.5) is 0 Å². The zero-order valence-electron chi connectivity index (χ0n) is 5.53. The van der Waals surface area contributed by atoms with Gasteiger partial charge in [0.25, 0.3) is 0 Å². The molecule has 5 nitrogen and oxygen atoms in total. The Morgan fingerprint density at radius 1 is 1.80 bits per heavy atom. The molecule has 0 aromatic heterocycles. The molecule has 5 heteroatoms. The Hall–Kier alpha value is -0.910. The van der Waals surface area contributed by atoms with Gasteiger partial charge < -0.3 is 5.11 Å². The maximum Gasteiger partial charge on any atom is 0.324 e. The molecule has 10 heavy (non-hydrogen) atoms. The Labute approximate surface area is 58.8 Å². The molecule has 5 N–H and O–H groups in total. The van der Waals surface area contributed by atoms with Gasteiger partial charge in [0.1, 0.15) is 6.04 Å². The van der Waals surface area contributed by atoms with Gasteiger partial charge in [0, 0.05) is 0 Å². The first-order valence-electron chi connectivity index (χ1n) is 2.72. The monoisotopic (exact) mass is 145 g/mol. The summed E-state index contributed by atoms with van der Waals surface area (Å²) >= 11 is 0. The second-order valence-electron chi connectivity index (χ2n) is 1.83. The fourth-order valence-corrected chi connectivity index (χ4v) is 0.508. The van der Waals surface area contributed by atoms with Gasteiger partial charge in [-0.1, -0.05) is 6.08 Å². The highest BCUT2D eigenvalue weighted by molar-refractivity contribution is 5.73. The van der Waals surface area contributed by atoms with E-state index in [1.165, 1.54) is 6.08 Å². The van der Waals surface area contributed by atoms with Crippen LogP contribution in [0, 0.1) is 0 Å². The Bertz CT molecular complexity index is 135. The summed E-state index contributed by atoms with van der Waals surface area (Å²) in [7, 11) is 0. The summed E-state index contributed by atoms with van der Waals surface area (Å²) in [6, 6.07) is -0.877. The molecule has 58 valence electrons. The van der Waals surface area contributed by atoms with E-state index in [0.717, 1.165) is 0 Å². The predicted octanol–water partition coefficient (Wildman–Crippen LogP) is -0.935. The van der Waals surface area contributed by atoms with Crippen LogP contribution in [0.3, 0.4) is 0 Å². The molecule has 0 bridgehead atoms. The second-order valence-corrected chi connectivity index (χ2v) is 1.83. The summed E-state index contributed by atoms with van der Waals surface area (Å²) in [4.78, 5) is 10.3. The summed E-state index contributed by atoms with van der Waals surface area (Å²) in [6.07, 6.45) is 1.69. The average molecular weight is 145 g/mol. The summed E-state index contributed by atoms with van der Waals surface area (Å²) in [5.74, 6) is 8.96. The quantitative estimate of drug-likeness (QED) is 0.270. The number of hydrogen-bond acceptors (Lipinski definition) is 4. The highest BCUT2D eigenvalue weighted by Gasteiger charge is 2.18. The second kappa shape index (κ2) is 3.99. The fourth-order valence-electron chi connectivity index (χ4n) is 0.508. The third-order valence-corrected chi connectivity index (χ3v) is 1.03. The number of nitrogens with two attached hydrogens (primary N) is 2. The van der Waals surface area contributed by atoms with E-state index in [9.17, 15) is 4.79 Å². The average Bonchev–Trinajstić information content (AvgIpc) is 1.81. The summed E-state index contributed by atoms with van der Waals surface area (Å²) in [5.41, 5.74) is 0. The molecule has 0 rings (SSSR count). The zero-order valence-corrected chi connectivity index (χ0v) is 5.53. The van der Waals surface area contributed by atoms with Crippen molar-refractivity contribution in [3.8, 4) is 0 Å². The smallest absolute Gasteiger partial charge is 0.324 e. The standard InChI is InChI=1S/C5H11N3O2/c1-2-3-4(5(9)10)8(6)7/h2,4H,1,3,6-7H2,(H,9,10). The fraction of sp³-hybridized carbons (Fsp3) is 0.400. The number of hydrogen-bond donors (Lipinski definition) is 3. The van der Waals surface area contributed by atoms with Crippen molar-refractivity contribution in [2.75, 3.05) is 0 Å². The minimum atomic E-state index is -1.05. The van der Waals surface area contributed by atoms with E-state index in [-0.39, 0.29) is 6.42 Å². The van der Waals surface area contributed by atoms with Crippen molar-refractivity contribution in [2.45, 2.75) is 12.5 Å². The van der Waals surface area contributed by atoms with Crippen molar-refractivity contribution in [1.82, 2.24) is 5.12 Å². The van der Waals surface area contributed by atoms with Crippen LogP contribution in [-0.4, -0.2) is 22.2 Å². The van der Waals surface area contributed by atoms with Gasteiger partial charge in [-0.05, 0) is 6.42 Å². The van der Waals surface area contributed by atoms with Crippen molar-refractivity contribution in [2.24, 2.45) is 11.7 Å². The topological polar surface area (TPSA) is 92.6 Å². The van der Waals surface area contributed by atoms with Gasteiger partial charge in [0.2, 0.25) is 0 Å². The number of carboxylic acids is 1. The minimum absolute atomic E-state index is 0.238. The highest BCUT2D eigenvalue weighted by atomic mass is 16.4. The Morgan fingerprint density at radius 2 is 2.30 bits per heavy atom. The molecule has 0 radical (unpaired) electrons. The molecular formula is C5H11N3O2. The number of rotatable bonds is 4.